The molecule has 0 aliphatic carbocycles. The minimum absolute atomic E-state index is 0.242. The maximum atomic E-state index is 12.6. The molecule has 0 spiro atoms. The number of anilines is 1. The SMILES string of the molecule is COc1ccc(-c2csc(NC(=O)COC(=O)c3ccccc3OCc3ccccc3)n2)cc1OC. The van der Waals surface area contributed by atoms with Crippen LogP contribution in [0.4, 0.5) is 5.13 Å². The number of aromatic nitrogens is 1. The molecule has 0 radical (unpaired) electrons. The van der Waals surface area contributed by atoms with E-state index < -0.39 is 18.5 Å². The topological polar surface area (TPSA) is 96.0 Å². The first-order valence-electron chi connectivity index (χ1n) is 11.0. The number of hydrogen-bond donors (Lipinski definition) is 1. The monoisotopic (exact) mass is 504 g/mol. The first-order chi connectivity index (χ1) is 17.6. The van der Waals surface area contributed by atoms with Gasteiger partial charge in [0.15, 0.2) is 23.2 Å². The molecule has 36 heavy (non-hydrogen) atoms. The summed E-state index contributed by atoms with van der Waals surface area (Å²) < 4.78 is 21.6. The maximum absolute atomic E-state index is 12.6. The van der Waals surface area contributed by atoms with E-state index >= 15 is 0 Å². The van der Waals surface area contributed by atoms with Crippen LogP contribution in [0, 0.1) is 0 Å². The second-order valence-electron chi connectivity index (χ2n) is 7.50. The molecule has 4 aromatic rings. The Morgan fingerprint density at radius 2 is 1.64 bits per heavy atom. The molecule has 9 heteroatoms. The van der Waals surface area contributed by atoms with Crippen LogP contribution in [0.15, 0.2) is 78.2 Å². The molecule has 1 N–H and O–H groups in total. The van der Waals surface area contributed by atoms with E-state index in [1.54, 1.807) is 50.6 Å². The van der Waals surface area contributed by atoms with Crippen molar-refractivity contribution in [1.29, 1.82) is 0 Å². The number of nitrogens with zero attached hydrogens (tertiary/aromatic N) is 1. The summed E-state index contributed by atoms with van der Waals surface area (Å²) in [4.78, 5) is 29.4. The van der Waals surface area contributed by atoms with Gasteiger partial charge in [-0.15, -0.1) is 11.3 Å². The molecule has 0 saturated carbocycles. The van der Waals surface area contributed by atoms with Gasteiger partial charge in [0.2, 0.25) is 0 Å². The summed E-state index contributed by atoms with van der Waals surface area (Å²) in [7, 11) is 3.13. The van der Waals surface area contributed by atoms with Crippen molar-refractivity contribution in [3.05, 3.63) is 89.3 Å². The molecule has 0 atom stereocenters. The lowest BCUT2D eigenvalue weighted by Gasteiger charge is -2.11. The largest absolute Gasteiger partial charge is 0.493 e. The van der Waals surface area contributed by atoms with Gasteiger partial charge >= 0.3 is 5.97 Å². The predicted octanol–water partition coefficient (Wildman–Crippen LogP) is 5.20. The molecule has 184 valence electrons. The van der Waals surface area contributed by atoms with Crippen molar-refractivity contribution in [3.8, 4) is 28.5 Å². The number of esters is 1. The fourth-order valence-electron chi connectivity index (χ4n) is 3.32. The number of para-hydroxylation sites is 1. The van der Waals surface area contributed by atoms with Crippen molar-refractivity contribution in [3.63, 3.8) is 0 Å². The van der Waals surface area contributed by atoms with Gasteiger partial charge in [-0.25, -0.2) is 9.78 Å². The van der Waals surface area contributed by atoms with Crippen LogP contribution in [-0.2, 0) is 16.1 Å². The van der Waals surface area contributed by atoms with Gasteiger partial charge in [-0.1, -0.05) is 42.5 Å². The van der Waals surface area contributed by atoms with Crippen LogP contribution in [0.2, 0.25) is 0 Å². The molecular formula is C27H24N2O6S. The Hall–Kier alpha value is -4.37. The third kappa shape index (κ3) is 6.19. The molecule has 0 unspecified atom stereocenters. The van der Waals surface area contributed by atoms with E-state index in [2.05, 4.69) is 10.3 Å². The van der Waals surface area contributed by atoms with Crippen molar-refractivity contribution >= 4 is 28.3 Å². The highest BCUT2D eigenvalue weighted by molar-refractivity contribution is 7.14. The minimum atomic E-state index is -0.654. The van der Waals surface area contributed by atoms with Crippen molar-refractivity contribution in [2.45, 2.75) is 6.61 Å². The van der Waals surface area contributed by atoms with Gasteiger partial charge < -0.3 is 18.9 Å². The predicted molar refractivity (Wildman–Crippen MR) is 137 cm³/mol. The van der Waals surface area contributed by atoms with E-state index in [-0.39, 0.29) is 5.56 Å². The fraction of sp³-hybridized carbons (Fsp3) is 0.148. The summed E-state index contributed by atoms with van der Waals surface area (Å²) in [5.41, 5.74) is 2.68. The van der Waals surface area contributed by atoms with Gasteiger partial charge in [0.25, 0.3) is 5.91 Å². The highest BCUT2D eigenvalue weighted by Crippen LogP contribution is 2.33. The van der Waals surface area contributed by atoms with E-state index in [1.807, 2.05) is 41.8 Å². The lowest BCUT2D eigenvalue weighted by atomic mass is 10.1. The standard InChI is InChI=1S/C27H24N2O6S/c1-32-23-13-12-19(14-24(23)33-2)21-17-36-27(28-21)29-25(30)16-35-26(31)20-10-6-7-11-22(20)34-15-18-8-4-3-5-9-18/h3-14,17H,15-16H2,1-2H3,(H,28,29,30). The summed E-state index contributed by atoms with van der Waals surface area (Å²) in [5, 5.41) is 4.85. The lowest BCUT2D eigenvalue weighted by molar-refractivity contribution is -0.119. The fourth-order valence-corrected chi connectivity index (χ4v) is 4.06. The molecule has 0 aliphatic heterocycles. The number of amides is 1. The highest BCUT2D eigenvalue weighted by atomic mass is 32.1. The molecular weight excluding hydrogens is 480 g/mol. The Bertz CT molecular complexity index is 1340. The van der Waals surface area contributed by atoms with Crippen molar-refractivity contribution in [2.75, 3.05) is 26.1 Å². The zero-order valence-electron chi connectivity index (χ0n) is 19.7. The number of rotatable bonds is 10. The summed E-state index contributed by atoms with van der Waals surface area (Å²) in [6.07, 6.45) is 0. The van der Waals surface area contributed by atoms with E-state index in [4.69, 9.17) is 18.9 Å². The summed E-state index contributed by atoms with van der Waals surface area (Å²) in [5.74, 6) is 0.414. The molecule has 0 bridgehead atoms. The van der Waals surface area contributed by atoms with Crippen LogP contribution < -0.4 is 19.5 Å². The van der Waals surface area contributed by atoms with Gasteiger partial charge in [-0.3, -0.25) is 10.1 Å². The molecule has 4 rings (SSSR count). The lowest BCUT2D eigenvalue weighted by Crippen LogP contribution is -2.21. The Labute approximate surface area is 212 Å². The van der Waals surface area contributed by atoms with Crippen LogP contribution in [-0.4, -0.2) is 37.7 Å². The first kappa shape index (κ1) is 24.7. The van der Waals surface area contributed by atoms with Crippen LogP contribution >= 0.6 is 11.3 Å². The number of nitrogens with one attached hydrogen (secondary N) is 1. The van der Waals surface area contributed by atoms with Gasteiger partial charge in [0.05, 0.1) is 19.9 Å². The van der Waals surface area contributed by atoms with Crippen molar-refractivity contribution in [1.82, 2.24) is 4.98 Å². The van der Waals surface area contributed by atoms with Crippen LogP contribution in [0.1, 0.15) is 15.9 Å². The molecule has 1 aromatic heterocycles. The maximum Gasteiger partial charge on any atom is 0.342 e. The normalized spacial score (nSPS) is 10.4. The molecule has 1 amide bonds. The molecule has 8 nitrogen and oxygen atoms in total. The van der Waals surface area contributed by atoms with Crippen LogP contribution in [0.5, 0.6) is 17.2 Å². The zero-order valence-corrected chi connectivity index (χ0v) is 20.5. The second kappa shape index (κ2) is 11.9. The third-order valence-corrected chi connectivity index (χ3v) is 5.87. The molecule has 0 saturated heterocycles. The van der Waals surface area contributed by atoms with Gasteiger partial charge in [0.1, 0.15) is 17.9 Å². The minimum Gasteiger partial charge on any atom is -0.493 e. The van der Waals surface area contributed by atoms with E-state index in [1.165, 1.54) is 11.3 Å². The second-order valence-corrected chi connectivity index (χ2v) is 8.36. The van der Waals surface area contributed by atoms with Crippen LogP contribution in [0.3, 0.4) is 0 Å². The number of benzene rings is 3. The quantitative estimate of drug-likeness (QED) is 0.297. The molecule has 1 heterocycles. The number of methoxy groups -OCH3 is 2. The average molecular weight is 505 g/mol. The molecule has 3 aromatic carbocycles. The Balaban J connectivity index is 1.33. The first-order valence-corrected chi connectivity index (χ1v) is 11.9. The zero-order chi connectivity index (χ0) is 25.3. The van der Waals surface area contributed by atoms with E-state index in [9.17, 15) is 9.59 Å². The molecule has 0 aliphatic rings. The summed E-state index contributed by atoms with van der Waals surface area (Å²) in [6, 6.07) is 21.8. The summed E-state index contributed by atoms with van der Waals surface area (Å²) >= 11 is 1.26. The smallest absolute Gasteiger partial charge is 0.342 e. The number of carbonyl (C=O) groups excluding carboxylic acids is 2. The Morgan fingerprint density at radius 3 is 2.42 bits per heavy atom. The number of thiazole rings is 1. The van der Waals surface area contributed by atoms with Crippen molar-refractivity contribution in [2.24, 2.45) is 0 Å². The number of ether oxygens (including phenoxy) is 4. The third-order valence-electron chi connectivity index (χ3n) is 5.11. The molecule has 0 fully saturated rings. The Morgan fingerprint density at radius 1 is 0.889 bits per heavy atom. The Kier molecular flexibility index (Phi) is 8.15. The van der Waals surface area contributed by atoms with E-state index in [0.717, 1.165) is 11.1 Å². The summed E-state index contributed by atoms with van der Waals surface area (Å²) in [6.45, 7) is -0.158. The number of carbonyl (C=O) groups is 2. The van der Waals surface area contributed by atoms with E-state index in [0.29, 0.717) is 34.7 Å². The average Bonchev–Trinajstić information content (AvgIpc) is 3.39. The number of hydrogen-bond acceptors (Lipinski definition) is 8. The van der Waals surface area contributed by atoms with Gasteiger partial charge in [-0.05, 0) is 35.9 Å². The highest BCUT2D eigenvalue weighted by Gasteiger charge is 2.17. The van der Waals surface area contributed by atoms with Crippen molar-refractivity contribution < 1.29 is 28.5 Å². The van der Waals surface area contributed by atoms with Gasteiger partial charge in [-0.2, -0.15) is 0 Å². The van der Waals surface area contributed by atoms with Crippen LogP contribution in [0.25, 0.3) is 11.3 Å². The van der Waals surface area contributed by atoms with Gasteiger partial charge in [0, 0.05) is 10.9 Å².